The average Bonchev–Trinajstić information content (AvgIpc) is 2.23. The summed E-state index contributed by atoms with van der Waals surface area (Å²) in [5, 5.41) is 0.915. The van der Waals surface area contributed by atoms with Gasteiger partial charge in [0, 0.05) is 5.56 Å². The van der Waals surface area contributed by atoms with Gasteiger partial charge in [-0.1, -0.05) is 29.3 Å². The summed E-state index contributed by atoms with van der Waals surface area (Å²) < 4.78 is 0. The fourth-order valence-corrected chi connectivity index (χ4v) is 1.41. The number of aromatic nitrogens is 3. The molecular weight excluding hydrogens is 221 g/mol. The number of hydrogen-bond donors (Lipinski definition) is 0. The zero-order valence-electron chi connectivity index (χ0n) is 6.91. The van der Waals surface area contributed by atoms with Crippen molar-refractivity contribution in [3.63, 3.8) is 0 Å². The van der Waals surface area contributed by atoms with Crippen LogP contribution in [0.3, 0.4) is 0 Å². The molecule has 69 valence electrons. The Morgan fingerprint density at radius 3 is 2.79 bits per heavy atom. The average molecular weight is 225 g/mol. The summed E-state index contributed by atoms with van der Waals surface area (Å²) in [5.74, 6) is 0.465. The van der Waals surface area contributed by atoms with Crippen LogP contribution in [0.25, 0.3) is 11.4 Å². The van der Waals surface area contributed by atoms with E-state index >= 15 is 0 Å². The maximum absolute atomic E-state index is 5.98. The third-order valence-corrected chi connectivity index (χ3v) is 2.46. The normalized spacial score (nSPS) is 10.1. The molecule has 0 aliphatic rings. The van der Waals surface area contributed by atoms with Crippen LogP contribution in [0.4, 0.5) is 0 Å². The van der Waals surface area contributed by atoms with Gasteiger partial charge in [0.1, 0.15) is 6.33 Å². The summed E-state index contributed by atoms with van der Waals surface area (Å²) in [7, 11) is 0. The van der Waals surface area contributed by atoms with Crippen LogP contribution in [-0.4, -0.2) is 15.0 Å². The van der Waals surface area contributed by atoms with Crippen molar-refractivity contribution in [2.45, 2.75) is 0 Å². The second kappa shape index (κ2) is 3.90. The molecule has 1 aromatic carbocycles. The van der Waals surface area contributed by atoms with Gasteiger partial charge < -0.3 is 0 Å². The number of hydrogen-bond acceptors (Lipinski definition) is 3. The zero-order chi connectivity index (χ0) is 9.97. The standard InChI is InChI=1S/C9H4Cl2N3/c10-7-3-1-2-6(8(7)11)9-13-4-12-5-14-9/h1-4H. The second-order valence-corrected chi connectivity index (χ2v) is 3.30. The first kappa shape index (κ1) is 9.37. The first-order valence-corrected chi connectivity index (χ1v) is 4.54. The number of nitrogens with zero attached hydrogens (tertiary/aromatic N) is 3. The zero-order valence-corrected chi connectivity index (χ0v) is 8.42. The third kappa shape index (κ3) is 1.69. The summed E-state index contributed by atoms with van der Waals surface area (Å²) in [6, 6.07) is 5.28. The van der Waals surface area contributed by atoms with Crippen molar-refractivity contribution in [3.05, 3.63) is 40.9 Å². The minimum atomic E-state index is 0.439. The fraction of sp³-hybridized carbons (Fsp3) is 0. The highest BCUT2D eigenvalue weighted by Gasteiger charge is 2.08. The van der Waals surface area contributed by atoms with Crippen molar-refractivity contribution < 1.29 is 0 Å². The molecule has 0 aliphatic carbocycles. The van der Waals surface area contributed by atoms with E-state index in [9.17, 15) is 0 Å². The summed E-state index contributed by atoms with van der Waals surface area (Å²) in [6.07, 6.45) is 3.80. The molecule has 1 heterocycles. The molecule has 2 rings (SSSR count). The maximum atomic E-state index is 5.98. The van der Waals surface area contributed by atoms with Crippen molar-refractivity contribution in [1.29, 1.82) is 0 Å². The molecule has 5 heteroatoms. The predicted octanol–water partition coefficient (Wildman–Crippen LogP) is 2.65. The summed E-state index contributed by atoms with van der Waals surface area (Å²) in [6.45, 7) is 0. The minimum Gasteiger partial charge on any atom is -0.216 e. The Morgan fingerprint density at radius 1 is 1.21 bits per heavy atom. The lowest BCUT2D eigenvalue weighted by Crippen LogP contribution is -1.90. The van der Waals surface area contributed by atoms with Gasteiger partial charge in [0.05, 0.1) is 10.0 Å². The lowest BCUT2D eigenvalue weighted by molar-refractivity contribution is 1.04. The van der Waals surface area contributed by atoms with E-state index in [1.54, 1.807) is 18.2 Å². The van der Waals surface area contributed by atoms with Crippen LogP contribution < -0.4 is 0 Å². The van der Waals surface area contributed by atoms with E-state index in [2.05, 4.69) is 21.3 Å². The van der Waals surface area contributed by atoms with Gasteiger partial charge in [-0.05, 0) is 12.1 Å². The molecule has 0 N–H and O–H groups in total. The van der Waals surface area contributed by atoms with Crippen molar-refractivity contribution in [1.82, 2.24) is 15.0 Å². The van der Waals surface area contributed by atoms with Crippen LogP contribution >= 0.6 is 23.2 Å². The Kier molecular flexibility index (Phi) is 2.61. The van der Waals surface area contributed by atoms with Gasteiger partial charge in [-0.3, -0.25) is 0 Å². The molecule has 0 aliphatic heterocycles. The van der Waals surface area contributed by atoms with Crippen LogP contribution in [0.5, 0.6) is 0 Å². The van der Waals surface area contributed by atoms with Crippen molar-refractivity contribution in [2.75, 3.05) is 0 Å². The Balaban J connectivity index is 2.58. The molecule has 0 amide bonds. The van der Waals surface area contributed by atoms with Gasteiger partial charge in [0.25, 0.3) is 0 Å². The van der Waals surface area contributed by atoms with Gasteiger partial charge in [-0.15, -0.1) is 0 Å². The van der Waals surface area contributed by atoms with Crippen molar-refractivity contribution in [3.8, 4) is 11.4 Å². The molecule has 1 aromatic heterocycles. The lowest BCUT2D eigenvalue weighted by atomic mass is 10.2. The summed E-state index contributed by atoms with van der Waals surface area (Å²) >= 11 is 11.8. The first-order valence-electron chi connectivity index (χ1n) is 3.78. The van der Waals surface area contributed by atoms with Crippen LogP contribution in [0.15, 0.2) is 24.5 Å². The Labute approximate surface area is 90.8 Å². The highest BCUT2D eigenvalue weighted by atomic mass is 35.5. The van der Waals surface area contributed by atoms with E-state index in [4.69, 9.17) is 23.2 Å². The minimum absolute atomic E-state index is 0.439. The van der Waals surface area contributed by atoms with E-state index < -0.39 is 0 Å². The highest BCUT2D eigenvalue weighted by Crippen LogP contribution is 2.30. The van der Waals surface area contributed by atoms with Crippen LogP contribution in [0.1, 0.15) is 0 Å². The van der Waals surface area contributed by atoms with Gasteiger partial charge in [0.15, 0.2) is 5.82 Å². The molecule has 0 fully saturated rings. The Hall–Kier alpha value is -1.19. The van der Waals surface area contributed by atoms with Gasteiger partial charge in [0.2, 0.25) is 6.33 Å². The van der Waals surface area contributed by atoms with Gasteiger partial charge in [-0.2, -0.15) is 0 Å². The molecule has 1 radical (unpaired) electrons. The molecule has 0 saturated heterocycles. The van der Waals surface area contributed by atoms with E-state index in [1.165, 1.54) is 6.33 Å². The smallest absolute Gasteiger partial charge is 0.201 e. The Bertz CT molecular complexity index is 445. The second-order valence-electron chi connectivity index (χ2n) is 2.51. The molecule has 3 nitrogen and oxygen atoms in total. The molecule has 0 bridgehead atoms. The van der Waals surface area contributed by atoms with E-state index in [-0.39, 0.29) is 0 Å². The van der Waals surface area contributed by atoms with Crippen LogP contribution in [0.2, 0.25) is 10.0 Å². The van der Waals surface area contributed by atoms with Crippen molar-refractivity contribution >= 4 is 23.2 Å². The molecule has 14 heavy (non-hydrogen) atoms. The van der Waals surface area contributed by atoms with Crippen molar-refractivity contribution in [2.24, 2.45) is 0 Å². The number of rotatable bonds is 1. The largest absolute Gasteiger partial charge is 0.216 e. The number of halogens is 2. The first-order chi connectivity index (χ1) is 6.79. The van der Waals surface area contributed by atoms with Crippen LogP contribution in [-0.2, 0) is 0 Å². The molecule has 0 saturated carbocycles. The SMILES string of the molecule is Clc1cccc(-c2n[c]ncn2)c1Cl. The molecule has 0 unspecified atom stereocenters. The molecule has 0 atom stereocenters. The fourth-order valence-electron chi connectivity index (χ4n) is 1.02. The predicted molar refractivity (Wildman–Crippen MR) is 54.1 cm³/mol. The van der Waals surface area contributed by atoms with Gasteiger partial charge in [-0.25, -0.2) is 15.0 Å². The lowest BCUT2D eigenvalue weighted by Gasteiger charge is -2.02. The summed E-state index contributed by atoms with van der Waals surface area (Å²) in [4.78, 5) is 11.4. The van der Waals surface area contributed by atoms with E-state index in [0.717, 1.165) is 0 Å². The van der Waals surface area contributed by atoms with E-state index in [1.807, 2.05) is 0 Å². The van der Waals surface area contributed by atoms with Crippen LogP contribution in [0, 0.1) is 6.33 Å². The summed E-state index contributed by atoms with van der Waals surface area (Å²) in [5.41, 5.74) is 0.679. The van der Waals surface area contributed by atoms with E-state index in [0.29, 0.717) is 21.4 Å². The third-order valence-electron chi connectivity index (χ3n) is 1.64. The molecule has 2 aromatic rings. The monoisotopic (exact) mass is 224 g/mol. The highest BCUT2D eigenvalue weighted by molar-refractivity contribution is 6.43. The molecular formula is C9H4Cl2N3. The topological polar surface area (TPSA) is 38.7 Å². The van der Waals surface area contributed by atoms with Gasteiger partial charge >= 0.3 is 0 Å². The maximum Gasteiger partial charge on any atom is 0.201 e. The molecule has 0 spiro atoms. The Morgan fingerprint density at radius 2 is 2.07 bits per heavy atom. The number of benzene rings is 1. The quantitative estimate of drug-likeness (QED) is 0.748.